The number of rotatable bonds is 8. The van der Waals surface area contributed by atoms with Crippen molar-refractivity contribution in [1.82, 2.24) is 14.5 Å². The summed E-state index contributed by atoms with van der Waals surface area (Å²) in [5.41, 5.74) is 1.13. The molecule has 0 aliphatic rings. The Hall–Kier alpha value is -3.76. The number of amides is 1. The molecule has 170 valence electrons. The molecule has 4 rings (SSSR count). The van der Waals surface area contributed by atoms with Crippen LogP contribution in [0, 0.1) is 0 Å². The van der Waals surface area contributed by atoms with Crippen LogP contribution in [0.5, 0.6) is 0 Å². The van der Waals surface area contributed by atoms with Gasteiger partial charge in [-0.1, -0.05) is 35.4 Å². The fourth-order valence-electron chi connectivity index (χ4n) is 3.16. The molecule has 0 bridgehead atoms. The Morgan fingerprint density at radius 1 is 1.00 bits per heavy atom. The van der Waals surface area contributed by atoms with E-state index in [0.29, 0.717) is 5.76 Å². The second kappa shape index (κ2) is 9.39. The van der Waals surface area contributed by atoms with Crippen molar-refractivity contribution in [3.8, 4) is 11.7 Å². The first-order valence-corrected chi connectivity index (χ1v) is 11.6. The van der Waals surface area contributed by atoms with Gasteiger partial charge in [0.2, 0.25) is 10.0 Å². The average Bonchev–Trinajstić information content (AvgIpc) is 3.50. The van der Waals surface area contributed by atoms with Gasteiger partial charge < -0.3 is 8.83 Å². The lowest BCUT2D eigenvalue weighted by Gasteiger charge is -2.26. The predicted octanol–water partition coefficient (Wildman–Crippen LogP) is 4.18. The first kappa shape index (κ1) is 22.4. The summed E-state index contributed by atoms with van der Waals surface area (Å²) in [4.78, 5) is 12.6. The van der Waals surface area contributed by atoms with Gasteiger partial charge in [0.1, 0.15) is 0 Å². The number of hydrogen-bond donors (Lipinski definition) is 1. The number of hydrogen-bond acceptors (Lipinski definition) is 7. The number of furan rings is 1. The summed E-state index contributed by atoms with van der Waals surface area (Å²) in [5.74, 6) is -0.00898. The van der Waals surface area contributed by atoms with Crippen molar-refractivity contribution in [2.45, 2.75) is 31.3 Å². The summed E-state index contributed by atoms with van der Waals surface area (Å²) in [7, 11) is -3.77. The molecular weight excluding hydrogens is 444 g/mol. The van der Waals surface area contributed by atoms with Crippen molar-refractivity contribution < 1.29 is 22.0 Å². The number of nitrogens with one attached hydrogen (secondary N) is 1. The van der Waals surface area contributed by atoms with Crippen LogP contribution in [0.15, 0.2) is 86.7 Å². The third-order valence-electron chi connectivity index (χ3n) is 4.86. The molecule has 0 unspecified atom stereocenters. The standard InChI is InChI=1S/C23H22N4O5S/c1-16(2)27(15-17-7-4-3-5-8-17)33(29,30)19-12-10-18(11-13-19)21(28)24-23-26-25-22(32-23)20-9-6-14-31-20/h3-14,16H,15H2,1-2H3,(H,24,26,28). The van der Waals surface area contributed by atoms with E-state index in [0.717, 1.165) is 5.56 Å². The van der Waals surface area contributed by atoms with Crippen LogP contribution in [-0.2, 0) is 16.6 Å². The molecule has 2 aromatic heterocycles. The maximum Gasteiger partial charge on any atom is 0.322 e. The topological polar surface area (TPSA) is 119 Å². The van der Waals surface area contributed by atoms with Crippen molar-refractivity contribution in [2.24, 2.45) is 0 Å². The Bertz CT molecular complexity index is 1310. The van der Waals surface area contributed by atoms with Crippen molar-refractivity contribution in [1.29, 1.82) is 0 Å². The molecule has 9 nitrogen and oxygen atoms in total. The van der Waals surface area contributed by atoms with Gasteiger partial charge in [0.15, 0.2) is 5.76 Å². The average molecular weight is 467 g/mol. The molecular formula is C23H22N4O5S. The van der Waals surface area contributed by atoms with Gasteiger partial charge in [-0.2, -0.15) is 4.31 Å². The summed E-state index contributed by atoms with van der Waals surface area (Å²) < 4.78 is 38.5. The number of sulfonamides is 1. The molecule has 0 atom stereocenters. The SMILES string of the molecule is CC(C)N(Cc1ccccc1)S(=O)(=O)c1ccc(C(=O)Nc2nnc(-c3ccco3)o2)cc1. The summed E-state index contributed by atoms with van der Waals surface area (Å²) in [6.07, 6.45) is 1.47. The summed E-state index contributed by atoms with van der Waals surface area (Å²) in [5, 5.41) is 10.1. The highest BCUT2D eigenvalue weighted by Crippen LogP contribution is 2.23. The highest BCUT2D eigenvalue weighted by atomic mass is 32.2. The maximum absolute atomic E-state index is 13.2. The van der Waals surface area contributed by atoms with E-state index in [9.17, 15) is 13.2 Å². The third kappa shape index (κ3) is 5.02. The van der Waals surface area contributed by atoms with Crippen molar-refractivity contribution in [3.05, 3.63) is 84.1 Å². The van der Waals surface area contributed by atoms with E-state index in [4.69, 9.17) is 8.83 Å². The van der Waals surface area contributed by atoms with E-state index in [1.54, 1.807) is 12.1 Å². The fourth-order valence-corrected chi connectivity index (χ4v) is 4.79. The molecule has 0 fully saturated rings. The monoisotopic (exact) mass is 466 g/mol. The Balaban J connectivity index is 1.48. The highest BCUT2D eigenvalue weighted by molar-refractivity contribution is 7.89. The van der Waals surface area contributed by atoms with Crippen LogP contribution in [-0.4, -0.2) is 34.9 Å². The van der Waals surface area contributed by atoms with Gasteiger partial charge in [-0.3, -0.25) is 10.1 Å². The molecule has 0 radical (unpaired) electrons. The minimum atomic E-state index is -3.77. The first-order valence-electron chi connectivity index (χ1n) is 10.2. The van der Waals surface area contributed by atoms with Crippen molar-refractivity contribution in [3.63, 3.8) is 0 Å². The molecule has 2 heterocycles. The van der Waals surface area contributed by atoms with Gasteiger partial charge in [0.05, 0.1) is 11.2 Å². The van der Waals surface area contributed by atoms with E-state index in [1.807, 2.05) is 44.2 Å². The number of anilines is 1. The van der Waals surface area contributed by atoms with Crippen LogP contribution in [0.4, 0.5) is 6.01 Å². The minimum absolute atomic E-state index is 0.0987. The van der Waals surface area contributed by atoms with Gasteiger partial charge >= 0.3 is 6.01 Å². The zero-order chi connectivity index (χ0) is 23.4. The number of nitrogens with zero attached hydrogens (tertiary/aromatic N) is 3. The number of carbonyl (C=O) groups is 1. The molecule has 10 heteroatoms. The normalized spacial score (nSPS) is 11.8. The Morgan fingerprint density at radius 3 is 2.36 bits per heavy atom. The van der Waals surface area contributed by atoms with E-state index >= 15 is 0 Å². The molecule has 4 aromatic rings. The molecule has 0 saturated heterocycles. The van der Waals surface area contributed by atoms with Crippen LogP contribution in [0.2, 0.25) is 0 Å². The largest absolute Gasteiger partial charge is 0.459 e. The van der Waals surface area contributed by atoms with E-state index in [2.05, 4.69) is 15.5 Å². The third-order valence-corrected chi connectivity index (χ3v) is 6.89. The molecule has 0 saturated carbocycles. The fraction of sp³-hybridized carbons (Fsp3) is 0.174. The Kier molecular flexibility index (Phi) is 6.38. The zero-order valence-corrected chi connectivity index (χ0v) is 18.8. The van der Waals surface area contributed by atoms with Gasteiger partial charge in [-0.05, 0) is 55.8 Å². The second-order valence-corrected chi connectivity index (χ2v) is 9.39. The smallest absolute Gasteiger partial charge is 0.322 e. The quantitative estimate of drug-likeness (QED) is 0.414. The molecule has 1 N–H and O–H groups in total. The molecule has 2 aromatic carbocycles. The maximum atomic E-state index is 13.2. The summed E-state index contributed by atoms with van der Waals surface area (Å²) >= 11 is 0. The van der Waals surface area contributed by atoms with Crippen LogP contribution in [0.25, 0.3) is 11.7 Å². The van der Waals surface area contributed by atoms with Crippen LogP contribution < -0.4 is 5.32 Å². The molecule has 0 spiro atoms. The van der Waals surface area contributed by atoms with Gasteiger partial charge in [0.25, 0.3) is 11.8 Å². The zero-order valence-electron chi connectivity index (χ0n) is 18.0. The van der Waals surface area contributed by atoms with Gasteiger partial charge in [-0.25, -0.2) is 8.42 Å². The van der Waals surface area contributed by atoms with E-state index in [1.165, 1.54) is 34.8 Å². The molecule has 0 aliphatic carbocycles. The molecule has 1 amide bonds. The van der Waals surface area contributed by atoms with Gasteiger partial charge in [0, 0.05) is 18.2 Å². The van der Waals surface area contributed by atoms with Crippen LogP contribution in [0.1, 0.15) is 29.8 Å². The second-order valence-electron chi connectivity index (χ2n) is 7.50. The first-order chi connectivity index (χ1) is 15.8. The van der Waals surface area contributed by atoms with Gasteiger partial charge in [-0.15, -0.1) is 5.10 Å². The van der Waals surface area contributed by atoms with E-state index < -0.39 is 15.9 Å². The lowest BCUT2D eigenvalue weighted by Crippen LogP contribution is -2.36. The van der Waals surface area contributed by atoms with Crippen molar-refractivity contribution >= 4 is 21.9 Å². The number of carbonyl (C=O) groups excluding carboxylic acids is 1. The molecule has 0 aliphatic heterocycles. The number of benzene rings is 2. The van der Waals surface area contributed by atoms with Crippen LogP contribution in [0.3, 0.4) is 0 Å². The van der Waals surface area contributed by atoms with Crippen molar-refractivity contribution in [2.75, 3.05) is 5.32 Å². The van der Waals surface area contributed by atoms with Crippen LogP contribution >= 0.6 is 0 Å². The highest BCUT2D eigenvalue weighted by Gasteiger charge is 2.27. The summed E-state index contributed by atoms with van der Waals surface area (Å²) in [6, 6.07) is 18.1. The minimum Gasteiger partial charge on any atom is -0.459 e. The summed E-state index contributed by atoms with van der Waals surface area (Å²) in [6.45, 7) is 3.89. The molecule has 33 heavy (non-hydrogen) atoms. The predicted molar refractivity (Wildman–Crippen MR) is 121 cm³/mol. The van der Waals surface area contributed by atoms with E-state index in [-0.39, 0.29) is 35.0 Å². The number of aromatic nitrogens is 2. The Morgan fingerprint density at radius 2 is 1.73 bits per heavy atom. The lowest BCUT2D eigenvalue weighted by atomic mass is 10.2. The lowest BCUT2D eigenvalue weighted by molar-refractivity contribution is 0.102. The Labute approximate surface area is 191 Å².